The Balaban J connectivity index is 1.27. The van der Waals surface area contributed by atoms with Gasteiger partial charge in [0.15, 0.2) is 5.82 Å². The van der Waals surface area contributed by atoms with E-state index in [1.807, 2.05) is 4.90 Å². The predicted octanol–water partition coefficient (Wildman–Crippen LogP) is 5.85. The number of aliphatic hydroxyl groups is 1. The number of aromatic nitrogens is 3. The summed E-state index contributed by atoms with van der Waals surface area (Å²) < 4.78 is 66.8. The van der Waals surface area contributed by atoms with Crippen LogP contribution in [0.2, 0.25) is 0 Å². The van der Waals surface area contributed by atoms with Gasteiger partial charge in [-0.3, -0.25) is 9.88 Å². The molecule has 4 fully saturated rings. The number of hydrogen-bond donors (Lipinski definition) is 2. The molecule has 0 spiro atoms. The van der Waals surface area contributed by atoms with Crippen LogP contribution in [0.1, 0.15) is 44.6 Å². The van der Waals surface area contributed by atoms with Gasteiger partial charge in [0.1, 0.15) is 35.2 Å². The van der Waals surface area contributed by atoms with Gasteiger partial charge in [-0.25, -0.2) is 17.6 Å². The number of hydrogen-bond acceptors (Lipinski definition) is 8. The van der Waals surface area contributed by atoms with Gasteiger partial charge < -0.3 is 19.8 Å². The first-order chi connectivity index (χ1) is 22.0. The van der Waals surface area contributed by atoms with E-state index >= 15 is 4.39 Å². The maximum absolute atomic E-state index is 16.8. The molecule has 12 heteroatoms. The lowest BCUT2D eigenvalue weighted by atomic mass is 9.94. The summed E-state index contributed by atoms with van der Waals surface area (Å²) in [6, 6.07) is 5.60. The second kappa shape index (κ2) is 10.6. The van der Waals surface area contributed by atoms with Gasteiger partial charge in [-0.15, -0.1) is 0 Å². The number of ether oxygens (including phenoxy) is 1. The van der Waals surface area contributed by atoms with E-state index in [0.29, 0.717) is 66.4 Å². The van der Waals surface area contributed by atoms with Crippen LogP contribution in [0.3, 0.4) is 0 Å². The van der Waals surface area contributed by atoms with Crippen molar-refractivity contribution in [2.45, 2.75) is 63.0 Å². The number of aryl methyl sites for hydroxylation is 1. The van der Waals surface area contributed by atoms with Crippen LogP contribution in [-0.2, 0) is 6.42 Å². The van der Waals surface area contributed by atoms with Crippen LogP contribution >= 0.6 is 0 Å². The van der Waals surface area contributed by atoms with Gasteiger partial charge in [-0.2, -0.15) is 9.97 Å². The topological polar surface area (TPSA) is 94.8 Å². The Kier molecular flexibility index (Phi) is 6.84. The van der Waals surface area contributed by atoms with Crippen LogP contribution in [0, 0.1) is 23.5 Å². The molecule has 4 atom stereocenters. The summed E-state index contributed by atoms with van der Waals surface area (Å²) in [6.45, 7) is 3.09. The zero-order valence-electron chi connectivity index (χ0n) is 25.4. The quantitative estimate of drug-likeness (QED) is 0.255. The number of fused-ring (bicyclic) bond motifs is 5. The molecule has 0 radical (unpaired) electrons. The van der Waals surface area contributed by atoms with Crippen molar-refractivity contribution >= 4 is 27.5 Å². The molecular formula is C34H35F4N5O3. The summed E-state index contributed by atoms with van der Waals surface area (Å²) in [5, 5.41) is 22.5. The Morgan fingerprint density at radius 1 is 1.11 bits per heavy atom. The largest absolute Gasteiger partial charge is 0.508 e. The van der Waals surface area contributed by atoms with E-state index in [9.17, 15) is 23.4 Å². The zero-order valence-corrected chi connectivity index (χ0v) is 25.4. The molecule has 4 aliphatic rings. The molecule has 5 heterocycles. The fourth-order valence-electron chi connectivity index (χ4n) is 8.62. The number of benzene rings is 2. The van der Waals surface area contributed by atoms with E-state index in [0.717, 1.165) is 12.8 Å². The Labute approximate surface area is 263 Å². The molecule has 2 aromatic carbocycles. The van der Waals surface area contributed by atoms with Crippen LogP contribution in [0.5, 0.6) is 11.8 Å². The Bertz CT molecular complexity index is 1870. The van der Waals surface area contributed by atoms with E-state index in [1.54, 1.807) is 11.8 Å². The Hall–Kier alpha value is -3.77. The van der Waals surface area contributed by atoms with Crippen molar-refractivity contribution in [3.63, 3.8) is 0 Å². The first kappa shape index (κ1) is 29.6. The van der Waals surface area contributed by atoms with Crippen LogP contribution in [0.25, 0.3) is 32.9 Å². The number of rotatable bonds is 6. The molecular weight excluding hydrogens is 602 g/mol. The standard InChI is InChI=1S/C34H35F4N5O3/c1-2-22-25(35)5-4-19-10-21(44)11-23(27(19)22)29-28(36)30-24(12-39-29)31(42-13-18-8-20(14-42)26(45)9-18)41-32(40-30)46-17-33-6-3-7-43(33)16-34(37,38)15-33/h4-5,10-12,18,20,26,44-45H,2-3,6-9,13-17H2,1H3/t18-,20-,26-,33?/m1/s1. The lowest BCUT2D eigenvalue weighted by Gasteiger charge is -2.34. The molecule has 1 saturated carbocycles. The lowest BCUT2D eigenvalue weighted by Crippen LogP contribution is -2.43. The fraction of sp³-hybridized carbons (Fsp3) is 0.500. The summed E-state index contributed by atoms with van der Waals surface area (Å²) in [7, 11) is 0. The molecule has 1 aliphatic carbocycles. The summed E-state index contributed by atoms with van der Waals surface area (Å²) in [6.07, 6.45) is 3.98. The molecule has 0 amide bonds. The number of nitrogens with zero attached hydrogens (tertiary/aromatic N) is 5. The van der Waals surface area contributed by atoms with Crippen LogP contribution < -0.4 is 9.64 Å². The van der Waals surface area contributed by atoms with Crippen molar-refractivity contribution in [1.29, 1.82) is 0 Å². The highest BCUT2D eigenvalue weighted by atomic mass is 19.3. The van der Waals surface area contributed by atoms with Crippen LogP contribution in [0.15, 0.2) is 30.5 Å². The molecule has 3 saturated heterocycles. The van der Waals surface area contributed by atoms with Crippen LogP contribution in [0.4, 0.5) is 23.4 Å². The molecule has 8 nitrogen and oxygen atoms in total. The summed E-state index contributed by atoms with van der Waals surface area (Å²) in [5.41, 5.74) is -0.445. The van der Waals surface area contributed by atoms with E-state index in [4.69, 9.17) is 9.72 Å². The second-order valence-corrected chi connectivity index (χ2v) is 13.6. The highest BCUT2D eigenvalue weighted by Gasteiger charge is 2.57. The molecule has 4 aromatic rings. The number of pyridine rings is 1. The Morgan fingerprint density at radius 3 is 2.76 bits per heavy atom. The van der Waals surface area contributed by atoms with Gasteiger partial charge in [-0.05, 0) is 79.1 Å². The van der Waals surface area contributed by atoms with Crippen molar-refractivity contribution in [1.82, 2.24) is 19.9 Å². The minimum atomic E-state index is -2.82. The van der Waals surface area contributed by atoms with Crippen molar-refractivity contribution in [2.75, 3.05) is 37.7 Å². The second-order valence-electron chi connectivity index (χ2n) is 13.6. The summed E-state index contributed by atoms with van der Waals surface area (Å²) in [5.74, 6) is -3.49. The zero-order chi connectivity index (χ0) is 32.0. The number of aromatic hydroxyl groups is 1. The molecule has 2 bridgehead atoms. The summed E-state index contributed by atoms with van der Waals surface area (Å²) >= 11 is 0. The number of phenols is 1. The number of aliphatic hydroxyl groups excluding tert-OH is 1. The summed E-state index contributed by atoms with van der Waals surface area (Å²) in [4.78, 5) is 17.5. The van der Waals surface area contributed by atoms with Gasteiger partial charge in [0.25, 0.3) is 5.92 Å². The smallest absolute Gasteiger partial charge is 0.319 e. The van der Waals surface area contributed by atoms with Gasteiger partial charge in [0, 0.05) is 37.2 Å². The maximum atomic E-state index is 16.8. The van der Waals surface area contributed by atoms with Crippen molar-refractivity contribution in [2.24, 2.45) is 11.8 Å². The third-order valence-corrected chi connectivity index (χ3v) is 10.6. The van der Waals surface area contributed by atoms with Crippen molar-refractivity contribution < 1.29 is 32.5 Å². The van der Waals surface area contributed by atoms with Crippen LogP contribution in [-0.4, -0.2) is 80.4 Å². The van der Waals surface area contributed by atoms with Crippen molar-refractivity contribution in [3.8, 4) is 23.0 Å². The minimum absolute atomic E-state index is 0.0397. The molecule has 3 aliphatic heterocycles. The molecule has 46 heavy (non-hydrogen) atoms. The monoisotopic (exact) mass is 637 g/mol. The van der Waals surface area contributed by atoms with Gasteiger partial charge in [0.05, 0.1) is 23.6 Å². The molecule has 242 valence electrons. The third-order valence-electron chi connectivity index (χ3n) is 10.6. The normalized spacial score (nSPS) is 27.2. The van der Waals surface area contributed by atoms with E-state index in [1.165, 1.54) is 30.5 Å². The lowest BCUT2D eigenvalue weighted by molar-refractivity contribution is 0.00803. The highest BCUT2D eigenvalue weighted by Crippen LogP contribution is 2.47. The third kappa shape index (κ3) is 4.74. The van der Waals surface area contributed by atoms with Gasteiger partial charge in [0.2, 0.25) is 0 Å². The number of alkyl halides is 2. The van der Waals surface area contributed by atoms with E-state index in [2.05, 4.69) is 9.97 Å². The SMILES string of the molecule is CCc1c(F)ccc2cc(O)cc(-c3ncc4c(N5C[C@@H]6C[C@H](C5)[C@H](O)C6)nc(OCC56CCCN5CC(F)(F)C6)nc4c3F)c12. The average molecular weight is 638 g/mol. The van der Waals surface area contributed by atoms with Gasteiger partial charge in [-0.1, -0.05) is 13.0 Å². The molecule has 8 rings (SSSR count). The number of anilines is 1. The molecule has 1 unspecified atom stereocenters. The Morgan fingerprint density at radius 2 is 1.96 bits per heavy atom. The first-order valence-electron chi connectivity index (χ1n) is 16.0. The average Bonchev–Trinajstić information content (AvgIpc) is 3.60. The highest BCUT2D eigenvalue weighted by molar-refractivity contribution is 6.01. The van der Waals surface area contributed by atoms with Gasteiger partial charge >= 0.3 is 6.01 Å². The minimum Gasteiger partial charge on any atom is -0.508 e. The molecule has 2 N–H and O–H groups in total. The van der Waals surface area contributed by atoms with E-state index in [-0.39, 0.29) is 59.9 Å². The number of phenolic OH excluding ortho intramolecular Hbond substituents is 1. The van der Waals surface area contributed by atoms with Crippen molar-refractivity contribution in [3.05, 3.63) is 47.7 Å². The number of piperidine rings is 1. The molecule has 2 aromatic heterocycles. The number of halogens is 4. The fourth-order valence-corrected chi connectivity index (χ4v) is 8.62. The van der Waals surface area contributed by atoms with E-state index < -0.39 is 29.2 Å². The first-order valence-corrected chi connectivity index (χ1v) is 16.0. The maximum Gasteiger partial charge on any atom is 0.319 e. The predicted molar refractivity (Wildman–Crippen MR) is 164 cm³/mol.